The first-order chi connectivity index (χ1) is 10.0. The van der Waals surface area contributed by atoms with Crippen LogP contribution in [0.25, 0.3) is 22.1 Å². The molecule has 0 aliphatic heterocycles. The molecular formula is C16H11ClNO3+. The van der Waals surface area contributed by atoms with Gasteiger partial charge in [-0.05, 0) is 24.3 Å². The second-order valence-electron chi connectivity index (χ2n) is 4.72. The monoisotopic (exact) mass is 300 g/mol. The van der Waals surface area contributed by atoms with Crippen LogP contribution in [-0.2, 0) is 0 Å². The van der Waals surface area contributed by atoms with Gasteiger partial charge in [0.25, 0.3) is 5.69 Å². The number of hydrogen-bond donors (Lipinski definition) is 0. The molecule has 0 saturated carbocycles. The van der Waals surface area contributed by atoms with Crippen LogP contribution in [0.4, 0.5) is 5.69 Å². The number of nitro groups is 1. The number of halogens is 1. The minimum atomic E-state index is -0.424. The van der Waals surface area contributed by atoms with E-state index in [0.717, 1.165) is 22.1 Å². The molecule has 5 heteroatoms. The summed E-state index contributed by atoms with van der Waals surface area (Å²) in [6.45, 7) is 1.86. The molecule has 0 aliphatic rings. The predicted molar refractivity (Wildman–Crippen MR) is 82.5 cm³/mol. The van der Waals surface area contributed by atoms with E-state index in [4.69, 9.17) is 16.0 Å². The number of nitrogens with zero attached hydrogens (tertiary/aromatic N) is 1. The molecule has 0 N–H and O–H groups in total. The molecule has 1 heterocycles. The van der Waals surface area contributed by atoms with Gasteiger partial charge in [0.2, 0.25) is 0 Å². The first-order valence-corrected chi connectivity index (χ1v) is 6.70. The molecular weight excluding hydrogens is 290 g/mol. The average molecular weight is 301 g/mol. The zero-order valence-electron chi connectivity index (χ0n) is 11.2. The lowest BCUT2D eigenvalue weighted by Gasteiger charge is -1.99. The van der Waals surface area contributed by atoms with Gasteiger partial charge in [0, 0.05) is 28.6 Å². The van der Waals surface area contributed by atoms with Crippen molar-refractivity contribution in [3.63, 3.8) is 0 Å². The molecule has 0 fully saturated rings. The van der Waals surface area contributed by atoms with E-state index in [1.807, 2.05) is 31.2 Å². The summed E-state index contributed by atoms with van der Waals surface area (Å²) < 4.78 is 5.80. The maximum absolute atomic E-state index is 10.7. The highest BCUT2D eigenvalue weighted by molar-refractivity contribution is 6.31. The summed E-state index contributed by atoms with van der Waals surface area (Å²) in [5.41, 5.74) is 0.824. The summed E-state index contributed by atoms with van der Waals surface area (Å²) >= 11 is 6.05. The van der Waals surface area contributed by atoms with Crippen LogP contribution in [0, 0.1) is 17.0 Å². The summed E-state index contributed by atoms with van der Waals surface area (Å²) in [6.07, 6.45) is 0. The van der Waals surface area contributed by atoms with Crippen LogP contribution in [-0.4, -0.2) is 4.92 Å². The van der Waals surface area contributed by atoms with Gasteiger partial charge in [0.05, 0.1) is 22.8 Å². The molecule has 0 aliphatic carbocycles. The standard InChI is InChI=1S/C16H11ClNO3/c1-10-8-12-2-5-13(17)9-15(12)16(21-10)11-3-6-14(7-4-11)18(19)20/h2-9H,1H3/q+1. The zero-order valence-corrected chi connectivity index (χ0v) is 11.9. The van der Waals surface area contributed by atoms with Crippen molar-refractivity contribution < 1.29 is 9.34 Å². The zero-order chi connectivity index (χ0) is 15.0. The maximum Gasteiger partial charge on any atom is 0.367 e. The normalized spacial score (nSPS) is 10.8. The molecule has 0 spiro atoms. The number of non-ortho nitro benzene ring substituents is 1. The Labute approximate surface area is 125 Å². The highest BCUT2D eigenvalue weighted by Crippen LogP contribution is 2.32. The average Bonchev–Trinajstić information content (AvgIpc) is 2.47. The Morgan fingerprint density at radius 1 is 1.10 bits per heavy atom. The smallest absolute Gasteiger partial charge is 0.258 e. The number of aryl methyl sites for hydroxylation is 1. The molecule has 3 aromatic rings. The third-order valence-electron chi connectivity index (χ3n) is 3.22. The Kier molecular flexibility index (Phi) is 3.31. The van der Waals surface area contributed by atoms with E-state index in [1.54, 1.807) is 12.1 Å². The van der Waals surface area contributed by atoms with Crippen molar-refractivity contribution in [1.29, 1.82) is 0 Å². The summed E-state index contributed by atoms with van der Waals surface area (Å²) in [4.78, 5) is 10.3. The van der Waals surface area contributed by atoms with E-state index in [9.17, 15) is 10.1 Å². The van der Waals surface area contributed by atoms with E-state index in [-0.39, 0.29) is 5.69 Å². The fourth-order valence-electron chi connectivity index (χ4n) is 2.26. The SMILES string of the molecule is Cc1cc2ccc(Cl)cc2c(-c2ccc([N+](=O)[O-])cc2)[o+]1. The van der Waals surface area contributed by atoms with E-state index in [1.165, 1.54) is 12.1 Å². The second kappa shape index (κ2) is 5.14. The summed E-state index contributed by atoms with van der Waals surface area (Å²) in [7, 11) is 0. The van der Waals surface area contributed by atoms with Crippen molar-refractivity contribution >= 4 is 28.1 Å². The maximum atomic E-state index is 10.7. The van der Waals surface area contributed by atoms with E-state index < -0.39 is 4.92 Å². The molecule has 0 amide bonds. The van der Waals surface area contributed by atoms with Crippen LogP contribution < -0.4 is 0 Å². The van der Waals surface area contributed by atoms with Gasteiger partial charge in [-0.1, -0.05) is 17.7 Å². The molecule has 104 valence electrons. The number of rotatable bonds is 2. The van der Waals surface area contributed by atoms with Gasteiger partial charge in [-0.25, -0.2) is 4.42 Å². The van der Waals surface area contributed by atoms with Crippen LogP contribution in [0.15, 0.2) is 52.9 Å². The molecule has 0 unspecified atom stereocenters. The molecule has 21 heavy (non-hydrogen) atoms. The first kappa shape index (κ1) is 13.5. The molecule has 0 radical (unpaired) electrons. The lowest BCUT2D eigenvalue weighted by molar-refractivity contribution is -0.384. The molecule has 2 aromatic carbocycles. The lowest BCUT2D eigenvalue weighted by Crippen LogP contribution is -1.88. The Hall–Kier alpha value is -2.46. The summed E-state index contributed by atoms with van der Waals surface area (Å²) in [6, 6.07) is 13.8. The number of nitro benzene ring substituents is 1. The van der Waals surface area contributed by atoms with E-state index in [2.05, 4.69) is 0 Å². The van der Waals surface area contributed by atoms with Gasteiger partial charge in [0.15, 0.2) is 0 Å². The van der Waals surface area contributed by atoms with Crippen molar-refractivity contribution in [1.82, 2.24) is 0 Å². The third-order valence-corrected chi connectivity index (χ3v) is 3.46. The fraction of sp³-hybridized carbons (Fsp3) is 0.0625. The van der Waals surface area contributed by atoms with Crippen LogP contribution in [0.1, 0.15) is 5.76 Å². The molecule has 0 bridgehead atoms. The van der Waals surface area contributed by atoms with Crippen molar-refractivity contribution in [3.8, 4) is 11.3 Å². The van der Waals surface area contributed by atoms with Crippen LogP contribution in [0.2, 0.25) is 5.02 Å². The third kappa shape index (κ3) is 2.58. The van der Waals surface area contributed by atoms with Crippen molar-refractivity contribution in [2.75, 3.05) is 0 Å². The van der Waals surface area contributed by atoms with E-state index in [0.29, 0.717) is 10.8 Å². The second-order valence-corrected chi connectivity index (χ2v) is 5.16. The van der Waals surface area contributed by atoms with Crippen molar-refractivity contribution in [3.05, 3.63) is 69.4 Å². The largest absolute Gasteiger partial charge is 0.367 e. The van der Waals surface area contributed by atoms with Gasteiger partial charge < -0.3 is 0 Å². The molecule has 4 nitrogen and oxygen atoms in total. The fourth-order valence-corrected chi connectivity index (χ4v) is 2.44. The van der Waals surface area contributed by atoms with Gasteiger partial charge in [0.1, 0.15) is 0 Å². The Morgan fingerprint density at radius 2 is 1.81 bits per heavy atom. The highest BCUT2D eigenvalue weighted by Gasteiger charge is 2.20. The summed E-state index contributed by atoms with van der Waals surface area (Å²) in [5, 5.41) is 13.2. The predicted octanol–water partition coefficient (Wildman–Crippen LogP) is 5.25. The van der Waals surface area contributed by atoms with Gasteiger partial charge >= 0.3 is 11.5 Å². The summed E-state index contributed by atoms with van der Waals surface area (Å²) in [5.74, 6) is 1.42. The molecule has 0 saturated heterocycles. The van der Waals surface area contributed by atoms with Crippen LogP contribution in [0.5, 0.6) is 0 Å². The Bertz CT molecular complexity index is 844. The Morgan fingerprint density at radius 3 is 2.48 bits per heavy atom. The van der Waals surface area contributed by atoms with Crippen LogP contribution >= 0.6 is 11.6 Å². The minimum absolute atomic E-state index is 0.0498. The molecule has 3 rings (SSSR count). The first-order valence-electron chi connectivity index (χ1n) is 6.32. The molecule has 0 atom stereocenters. The van der Waals surface area contributed by atoms with E-state index >= 15 is 0 Å². The van der Waals surface area contributed by atoms with Gasteiger partial charge in [-0.2, -0.15) is 0 Å². The quantitative estimate of drug-likeness (QED) is 0.369. The van der Waals surface area contributed by atoms with Crippen molar-refractivity contribution in [2.24, 2.45) is 0 Å². The van der Waals surface area contributed by atoms with Crippen molar-refractivity contribution in [2.45, 2.75) is 6.92 Å². The number of fused-ring (bicyclic) bond motifs is 1. The molecule has 1 aromatic heterocycles. The minimum Gasteiger partial charge on any atom is -0.258 e. The van der Waals surface area contributed by atoms with Gasteiger partial charge in [-0.3, -0.25) is 10.1 Å². The Balaban J connectivity index is 2.23. The number of hydrogen-bond acceptors (Lipinski definition) is 2. The highest BCUT2D eigenvalue weighted by atomic mass is 35.5. The lowest BCUT2D eigenvalue weighted by atomic mass is 10.0. The number of benzene rings is 2. The van der Waals surface area contributed by atoms with Gasteiger partial charge in [-0.15, -0.1) is 0 Å². The topological polar surface area (TPSA) is 54.4 Å². The van der Waals surface area contributed by atoms with Crippen LogP contribution in [0.3, 0.4) is 0 Å².